The van der Waals surface area contributed by atoms with E-state index in [4.69, 9.17) is 22.1 Å². The van der Waals surface area contributed by atoms with Gasteiger partial charge in [-0.3, -0.25) is 4.79 Å². The van der Waals surface area contributed by atoms with E-state index in [2.05, 4.69) is 4.98 Å². The second-order valence-corrected chi connectivity index (χ2v) is 7.68. The summed E-state index contributed by atoms with van der Waals surface area (Å²) in [6, 6.07) is 7.07. The molecule has 1 heterocycles. The molecule has 10 heteroatoms. The summed E-state index contributed by atoms with van der Waals surface area (Å²) in [5, 5.41) is -0.267. The van der Waals surface area contributed by atoms with Crippen molar-refractivity contribution in [3.63, 3.8) is 0 Å². The van der Waals surface area contributed by atoms with Crippen LogP contribution in [0.2, 0.25) is 5.02 Å². The minimum atomic E-state index is -4.87. The number of thioether (sulfide) groups is 1. The van der Waals surface area contributed by atoms with E-state index >= 15 is 0 Å². The van der Waals surface area contributed by atoms with Crippen LogP contribution in [0.4, 0.5) is 17.6 Å². The molecule has 162 valence electrons. The van der Waals surface area contributed by atoms with Gasteiger partial charge in [-0.1, -0.05) is 11.6 Å². The van der Waals surface area contributed by atoms with Gasteiger partial charge in [0.15, 0.2) is 0 Å². The van der Waals surface area contributed by atoms with E-state index in [9.17, 15) is 22.4 Å². The molecule has 0 atom stereocenters. The Morgan fingerprint density at radius 3 is 2.48 bits per heavy atom. The van der Waals surface area contributed by atoms with Crippen LogP contribution in [-0.2, 0) is 6.18 Å². The minimum absolute atomic E-state index is 0.0553. The molecule has 0 aliphatic carbocycles. The van der Waals surface area contributed by atoms with Crippen LogP contribution in [0, 0.1) is 12.7 Å². The zero-order valence-corrected chi connectivity index (χ0v) is 17.8. The summed E-state index contributed by atoms with van der Waals surface area (Å²) in [4.78, 5) is 16.2. The predicted octanol–water partition coefficient (Wildman–Crippen LogP) is 6.48. The average Bonchev–Trinajstić information content (AvgIpc) is 2.69. The summed E-state index contributed by atoms with van der Waals surface area (Å²) in [5.74, 6) is -1.96. The fraction of sp³-hybridized carbons (Fsp3) is 0.143. The highest BCUT2D eigenvalue weighted by Crippen LogP contribution is 2.49. The van der Waals surface area contributed by atoms with E-state index in [0.717, 1.165) is 18.2 Å². The Labute approximate surface area is 184 Å². The van der Waals surface area contributed by atoms with Crippen molar-refractivity contribution >= 4 is 29.3 Å². The van der Waals surface area contributed by atoms with Crippen molar-refractivity contribution < 1.29 is 27.1 Å². The smallest absolute Gasteiger partial charge is 0.418 e. The average molecular weight is 471 g/mol. The summed E-state index contributed by atoms with van der Waals surface area (Å²) in [6.45, 7) is 1.51. The molecule has 0 saturated carbocycles. The van der Waals surface area contributed by atoms with Crippen LogP contribution in [-0.4, -0.2) is 17.1 Å². The van der Waals surface area contributed by atoms with Gasteiger partial charge in [-0.2, -0.15) is 13.2 Å². The molecule has 0 aliphatic rings. The van der Waals surface area contributed by atoms with E-state index in [0.29, 0.717) is 10.6 Å². The first-order chi connectivity index (χ1) is 14.5. The van der Waals surface area contributed by atoms with E-state index in [1.54, 1.807) is 6.26 Å². The number of hydrogen-bond donors (Lipinski definition) is 1. The number of amides is 1. The fourth-order valence-corrected chi connectivity index (χ4v) is 3.71. The topological polar surface area (TPSA) is 65.2 Å². The molecule has 1 amide bonds. The predicted molar refractivity (Wildman–Crippen MR) is 111 cm³/mol. The lowest BCUT2D eigenvalue weighted by molar-refractivity contribution is -0.137. The number of aromatic nitrogens is 1. The molecule has 0 saturated heterocycles. The molecule has 1 aromatic heterocycles. The van der Waals surface area contributed by atoms with Gasteiger partial charge >= 0.3 is 6.18 Å². The Kier molecular flexibility index (Phi) is 6.47. The Balaban J connectivity index is 2.41. The van der Waals surface area contributed by atoms with Crippen molar-refractivity contribution in [2.75, 3.05) is 6.26 Å². The SMILES string of the molecule is CSc1cc(-c2c(Oc3ccc(F)cc3C)c(C(N)=O)cc(Cl)c2C(F)(F)F)ccn1. The third-order valence-electron chi connectivity index (χ3n) is 4.36. The molecule has 2 aromatic carbocycles. The lowest BCUT2D eigenvalue weighted by Gasteiger charge is -2.22. The highest BCUT2D eigenvalue weighted by Gasteiger charge is 2.40. The van der Waals surface area contributed by atoms with Crippen molar-refractivity contribution in [3.8, 4) is 22.6 Å². The number of primary amides is 1. The number of pyridine rings is 1. The van der Waals surface area contributed by atoms with Gasteiger partial charge in [0.2, 0.25) is 0 Å². The van der Waals surface area contributed by atoms with Gasteiger partial charge in [-0.15, -0.1) is 11.8 Å². The summed E-state index contributed by atoms with van der Waals surface area (Å²) < 4.78 is 61.3. The third-order valence-corrected chi connectivity index (χ3v) is 5.30. The van der Waals surface area contributed by atoms with Gasteiger partial charge < -0.3 is 10.5 Å². The molecule has 0 spiro atoms. The van der Waals surface area contributed by atoms with Crippen molar-refractivity contribution in [1.29, 1.82) is 0 Å². The summed E-state index contributed by atoms with van der Waals surface area (Å²) in [5.41, 5.74) is 3.81. The first kappa shape index (κ1) is 22.9. The Morgan fingerprint density at radius 1 is 1.19 bits per heavy atom. The molecule has 0 fully saturated rings. The number of carbonyl (C=O) groups excluding carboxylic acids is 1. The number of aryl methyl sites for hydroxylation is 1. The fourth-order valence-electron chi connectivity index (χ4n) is 2.99. The van der Waals surface area contributed by atoms with Crippen molar-refractivity contribution in [2.24, 2.45) is 5.73 Å². The molecule has 31 heavy (non-hydrogen) atoms. The quantitative estimate of drug-likeness (QED) is 0.342. The molecule has 0 radical (unpaired) electrons. The van der Waals surface area contributed by atoms with Gasteiger partial charge in [-0.25, -0.2) is 9.37 Å². The lowest BCUT2D eigenvalue weighted by Crippen LogP contribution is -2.16. The molecular weight excluding hydrogens is 456 g/mol. The number of benzene rings is 2. The highest BCUT2D eigenvalue weighted by atomic mass is 35.5. The van der Waals surface area contributed by atoms with Crippen LogP contribution in [0.5, 0.6) is 11.5 Å². The van der Waals surface area contributed by atoms with Gasteiger partial charge in [0.1, 0.15) is 17.3 Å². The number of hydrogen-bond acceptors (Lipinski definition) is 4. The summed E-state index contributed by atoms with van der Waals surface area (Å²) in [7, 11) is 0. The molecule has 2 N–H and O–H groups in total. The summed E-state index contributed by atoms with van der Waals surface area (Å²) >= 11 is 7.18. The number of halogens is 5. The number of nitrogens with zero attached hydrogens (tertiary/aromatic N) is 1. The van der Waals surface area contributed by atoms with Gasteiger partial charge in [0.05, 0.1) is 21.2 Å². The molecule has 0 unspecified atom stereocenters. The third kappa shape index (κ3) is 4.77. The number of rotatable bonds is 5. The van der Waals surface area contributed by atoms with Crippen LogP contribution in [0.3, 0.4) is 0 Å². The van der Waals surface area contributed by atoms with E-state index < -0.39 is 39.8 Å². The van der Waals surface area contributed by atoms with Gasteiger partial charge in [-0.05, 0) is 60.7 Å². The Bertz CT molecular complexity index is 1170. The minimum Gasteiger partial charge on any atom is -0.456 e. The molecule has 3 rings (SSSR count). The zero-order chi connectivity index (χ0) is 22.9. The molecular formula is C21H15ClF4N2O2S. The first-order valence-corrected chi connectivity index (χ1v) is 10.3. The van der Waals surface area contributed by atoms with Crippen LogP contribution in [0.25, 0.3) is 11.1 Å². The first-order valence-electron chi connectivity index (χ1n) is 8.70. The van der Waals surface area contributed by atoms with Crippen molar-refractivity contribution in [2.45, 2.75) is 18.1 Å². The monoisotopic (exact) mass is 470 g/mol. The van der Waals surface area contributed by atoms with E-state index in [1.165, 1.54) is 43.1 Å². The largest absolute Gasteiger partial charge is 0.456 e. The maximum Gasteiger partial charge on any atom is 0.418 e. The molecule has 4 nitrogen and oxygen atoms in total. The van der Waals surface area contributed by atoms with Crippen LogP contribution in [0.15, 0.2) is 47.6 Å². The zero-order valence-electron chi connectivity index (χ0n) is 16.2. The molecule has 0 bridgehead atoms. The number of ether oxygens (including phenoxy) is 1. The van der Waals surface area contributed by atoms with Crippen LogP contribution >= 0.6 is 23.4 Å². The number of carbonyl (C=O) groups is 1. The van der Waals surface area contributed by atoms with E-state index in [-0.39, 0.29) is 16.9 Å². The van der Waals surface area contributed by atoms with E-state index in [1.807, 2.05) is 0 Å². The number of alkyl halides is 3. The molecule has 0 aliphatic heterocycles. The van der Waals surface area contributed by atoms with Crippen LogP contribution in [0.1, 0.15) is 21.5 Å². The maximum absolute atomic E-state index is 14.0. The lowest BCUT2D eigenvalue weighted by atomic mass is 9.95. The Morgan fingerprint density at radius 2 is 1.90 bits per heavy atom. The van der Waals surface area contributed by atoms with Gasteiger partial charge in [0.25, 0.3) is 5.91 Å². The normalized spacial score (nSPS) is 11.5. The second-order valence-electron chi connectivity index (χ2n) is 6.45. The second kappa shape index (κ2) is 8.76. The number of nitrogens with two attached hydrogens (primary N) is 1. The van der Waals surface area contributed by atoms with Crippen molar-refractivity contribution in [3.05, 3.63) is 70.1 Å². The standard InChI is InChI=1S/C21H15ClF4N2O2S/c1-10-7-12(23)3-4-15(10)30-19-13(20(27)29)9-14(22)18(21(24,25)26)17(19)11-5-6-28-16(8-11)31-2/h3-9H,1-2H3,(H2,27,29). The highest BCUT2D eigenvalue weighted by molar-refractivity contribution is 7.98. The summed E-state index contributed by atoms with van der Waals surface area (Å²) in [6.07, 6.45) is -1.83. The molecule has 3 aromatic rings. The van der Waals surface area contributed by atoms with Crippen molar-refractivity contribution in [1.82, 2.24) is 4.98 Å². The Hall–Kier alpha value is -2.78. The van der Waals surface area contributed by atoms with Gasteiger partial charge in [0, 0.05) is 11.8 Å². The maximum atomic E-state index is 14.0. The van der Waals surface area contributed by atoms with Crippen LogP contribution < -0.4 is 10.5 Å².